The van der Waals surface area contributed by atoms with E-state index in [4.69, 9.17) is 0 Å². The first kappa shape index (κ1) is 16.8. The van der Waals surface area contributed by atoms with E-state index in [0.717, 1.165) is 61.6 Å². The Morgan fingerprint density at radius 2 is 2.20 bits per heavy atom. The van der Waals surface area contributed by atoms with E-state index >= 15 is 0 Å². The topological polar surface area (TPSA) is 53.1 Å². The molecule has 2 aliphatic heterocycles. The Kier molecular flexibility index (Phi) is 4.03. The zero-order chi connectivity index (χ0) is 17.7. The highest BCUT2D eigenvalue weighted by atomic mass is 32.1. The Balaban J connectivity index is 1.71. The van der Waals surface area contributed by atoms with E-state index in [1.54, 1.807) is 13.1 Å². The largest absolute Gasteiger partial charge is 0.393 e. The molecule has 136 valence electrons. The molecule has 0 radical (unpaired) electrons. The maximum atomic E-state index is 12.8. The van der Waals surface area contributed by atoms with E-state index in [0.29, 0.717) is 10.8 Å². The van der Waals surface area contributed by atoms with Gasteiger partial charge in [0.15, 0.2) is 0 Å². The van der Waals surface area contributed by atoms with Gasteiger partial charge in [-0.1, -0.05) is 0 Å². The van der Waals surface area contributed by atoms with Crippen LogP contribution in [0, 0.1) is 5.41 Å². The van der Waals surface area contributed by atoms with Crippen molar-refractivity contribution in [3.05, 3.63) is 10.9 Å². The summed E-state index contributed by atoms with van der Waals surface area (Å²) in [6.07, 6.45) is -2.91. The average molecular weight is 371 g/mol. The van der Waals surface area contributed by atoms with E-state index in [2.05, 4.69) is 25.5 Å². The van der Waals surface area contributed by atoms with Gasteiger partial charge in [-0.2, -0.15) is 18.2 Å². The molecule has 0 bridgehead atoms. The Hall–Kier alpha value is -1.61. The maximum Gasteiger partial charge on any atom is 0.393 e. The lowest BCUT2D eigenvalue weighted by atomic mass is 9.87. The first-order valence-electron chi connectivity index (χ1n) is 8.38. The van der Waals surface area contributed by atoms with Crippen LogP contribution in [0.2, 0.25) is 0 Å². The Bertz CT molecular complexity index is 782. The van der Waals surface area contributed by atoms with Crippen LogP contribution in [0.3, 0.4) is 0 Å². The van der Waals surface area contributed by atoms with Crippen molar-refractivity contribution < 1.29 is 13.2 Å². The third-order valence-electron chi connectivity index (χ3n) is 5.09. The van der Waals surface area contributed by atoms with E-state index < -0.39 is 12.6 Å². The van der Waals surface area contributed by atoms with Crippen LogP contribution in [0.1, 0.15) is 17.7 Å². The monoisotopic (exact) mass is 371 g/mol. The number of rotatable bonds is 3. The summed E-state index contributed by atoms with van der Waals surface area (Å²) in [6, 6.07) is 1.61. The quantitative estimate of drug-likeness (QED) is 0.869. The molecule has 2 aliphatic rings. The van der Waals surface area contributed by atoms with E-state index in [1.165, 1.54) is 0 Å². The number of alkyl halides is 3. The molecule has 4 heterocycles. The molecule has 2 aromatic heterocycles. The van der Waals surface area contributed by atoms with Gasteiger partial charge in [-0.15, -0.1) is 11.3 Å². The van der Waals surface area contributed by atoms with Crippen LogP contribution in [0.4, 0.5) is 24.9 Å². The molecule has 2 aromatic rings. The van der Waals surface area contributed by atoms with Crippen LogP contribution in [-0.4, -0.2) is 49.4 Å². The second kappa shape index (κ2) is 5.98. The van der Waals surface area contributed by atoms with Gasteiger partial charge in [-0.3, -0.25) is 0 Å². The smallest absolute Gasteiger partial charge is 0.357 e. The third-order valence-corrected chi connectivity index (χ3v) is 6.12. The molecular formula is C16H20F3N5S. The molecular weight excluding hydrogens is 351 g/mol. The van der Waals surface area contributed by atoms with Crippen LogP contribution < -0.4 is 15.5 Å². The Morgan fingerprint density at radius 3 is 2.88 bits per heavy atom. The number of nitrogens with one attached hydrogen (secondary N) is 2. The summed E-state index contributed by atoms with van der Waals surface area (Å²) in [5.41, 5.74) is 0.266. The number of halogens is 3. The van der Waals surface area contributed by atoms with Crippen molar-refractivity contribution in [3.8, 4) is 0 Å². The molecule has 25 heavy (non-hydrogen) atoms. The lowest BCUT2D eigenvalue weighted by Crippen LogP contribution is -2.29. The normalized spacial score (nSPS) is 23.9. The highest BCUT2D eigenvalue weighted by molar-refractivity contribution is 7.18. The van der Waals surface area contributed by atoms with E-state index in [9.17, 15) is 13.2 Å². The number of hydrogen-bond acceptors (Lipinski definition) is 6. The van der Waals surface area contributed by atoms with Gasteiger partial charge in [-0.05, 0) is 25.5 Å². The summed E-state index contributed by atoms with van der Waals surface area (Å²) in [5, 5.41) is 7.07. The predicted octanol–water partition coefficient (Wildman–Crippen LogP) is 3.03. The van der Waals surface area contributed by atoms with Crippen molar-refractivity contribution in [1.82, 2.24) is 15.3 Å². The van der Waals surface area contributed by atoms with Crippen molar-refractivity contribution in [2.24, 2.45) is 5.41 Å². The maximum absolute atomic E-state index is 12.8. The molecule has 1 spiro atoms. The molecule has 1 unspecified atom stereocenters. The minimum Gasteiger partial charge on any atom is -0.357 e. The molecule has 1 atom stereocenters. The molecule has 0 saturated carbocycles. The van der Waals surface area contributed by atoms with Crippen molar-refractivity contribution in [1.29, 1.82) is 0 Å². The van der Waals surface area contributed by atoms with Gasteiger partial charge in [-0.25, -0.2) is 4.98 Å². The molecule has 2 N–H and O–H groups in total. The third kappa shape index (κ3) is 3.27. The van der Waals surface area contributed by atoms with E-state index in [-0.39, 0.29) is 10.3 Å². The van der Waals surface area contributed by atoms with Crippen molar-refractivity contribution >= 4 is 33.3 Å². The van der Waals surface area contributed by atoms with E-state index in [1.807, 2.05) is 0 Å². The molecule has 0 aromatic carbocycles. The standard InChI is InChI=1S/C16H20F3N5S/c1-20-14-22-12(24-5-3-15(9-24)2-4-21-8-15)11-6-10(7-16(17,18)19)25-13(11)23-14/h6,21H,2-5,7-9H2,1H3,(H,20,22,23). The van der Waals surface area contributed by atoms with Crippen LogP contribution >= 0.6 is 11.3 Å². The predicted molar refractivity (Wildman–Crippen MR) is 93.5 cm³/mol. The molecule has 5 nitrogen and oxygen atoms in total. The summed E-state index contributed by atoms with van der Waals surface area (Å²) in [4.78, 5) is 12.0. The zero-order valence-corrected chi connectivity index (χ0v) is 14.7. The SMILES string of the molecule is CNc1nc(N2CCC3(CCNC3)C2)c2cc(CC(F)(F)F)sc2n1. The van der Waals surface area contributed by atoms with Gasteiger partial charge in [0.2, 0.25) is 5.95 Å². The van der Waals surface area contributed by atoms with Crippen LogP contribution in [-0.2, 0) is 6.42 Å². The summed E-state index contributed by atoms with van der Waals surface area (Å²) in [5.74, 6) is 1.20. The lowest BCUT2D eigenvalue weighted by Gasteiger charge is -2.24. The van der Waals surface area contributed by atoms with Gasteiger partial charge in [0.1, 0.15) is 10.6 Å². The molecule has 0 aliphatic carbocycles. The highest BCUT2D eigenvalue weighted by Gasteiger charge is 2.41. The first-order chi connectivity index (χ1) is 11.9. The summed E-state index contributed by atoms with van der Waals surface area (Å²) < 4.78 is 38.3. The summed E-state index contributed by atoms with van der Waals surface area (Å²) >= 11 is 1.10. The van der Waals surface area contributed by atoms with Crippen molar-refractivity contribution in [2.45, 2.75) is 25.4 Å². The fourth-order valence-corrected chi connectivity index (χ4v) is 4.91. The lowest BCUT2D eigenvalue weighted by molar-refractivity contribution is -0.126. The second-order valence-electron chi connectivity index (χ2n) is 6.94. The molecule has 4 rings (SSSR count). The number of nitrogens with zero attached hydrogens (tertiary/aromatic N) is 3. The average Bonchev–Trinajstić information content (AvgIpc) is 3.25. The number of fused-ring (bicyclic) bond motifs is 1. The number of anilines is 2. The fraction of sp³-hybridized carbons (Fsp3) is 0.625. The van der Waals surface area contributed by atoms with Crippen LogP contribution in [0.5, 0.6) is 0 Å². The first-order valence-corrected chi connectivity index (χ1v) is 9.20. The molecule has 2 saturated heterocycles. The molecule has 0 amide bonds. The van der Waals surface area contributed by atoms with Crippen molar-refractivity contribution in [3.63, 3.8) is 0 Å². The van der Waals surface area contributed by atoms with Crippen molar-refractivity contribution in [2.75, 3.05) is 43.4 Å². The second-order valence-corrected chi connectivity index (χ2v) is 8.06. The highest BCUT2D eigenvalue weighted by Crippen LogP contribution is 2.41. The fourth-order valence-electron chi connectivity index (χ4n) is 3.85. The minimum absolute atomic E-state index is 0.266. The number of thiophene rings is 1. The van der Waals surface area contributed by atoms with Gasteiger partial charge >= 0.3 is 6.18 Å². The summed E-state index contributed by atoms with van der Waals surface area (Å²) in [6.45, 7) is 3.80. The summed E-state index contributed by atoms with van der Waals surface area (Å²) in [7, 11) is 1.72. The van der Waals surface area contributed by atoms with Gasteiger partial charge in [0.05, 0.1) is 11.8 Å². The van der Waals surface area contributed by atoms with Gasteiger partial charge < -0.3 is 15.5 Å². The molecule has 2 fully saturated rings. The Morgan fingerprint density at radius 1 is 1.36 bits per heavy atom. The van der Waals surface area contributed by atoms with Gasteiger partial charge in [0, 0.05) is 37.0 Å². The zero-order valence-electron chi connectivity index (χ0n) is 13.9. The number of aromatic nitrogens is 2. The molecule has 9 heteroatoms. The van der Waals surface area contributed by atoms with Crippen LogP contribution in [0.15, 0.2) is 6.07 Å². The van der Waals surface area contributed by atoms with Gasteiger partial charge in [0.25, 0.3) is 0 Å². The Labute approximate surface area is 147 Å². The number of hydrogen-bond donors (Lipinski definition) is 2. The van der Waals surface area contributed by atoms with Crippen LogP contribution in [0.25, 0.3) is 10.2 Å². The minimum atomic E-state index is -4.21.